The first-order valence-electron chi connectivity index (χ1n) is 8.96. The normalized spacial score (nSPS) is 19.4. The SMILES string of the molecule is C=C1CCCC(Nc2c(F)cnc3c2ncn3-c2cc(F)cnc2N)[C@H]1C(=O)O. The van der Waals surface area contributed by atoms with Gasteiger partial charge in [0.25, 0.3) is 0 Å². The van der Waals surface area contributed by atoms with E-state index in [0.29, 0.717) is 18.4 Å². The second-order valence-corrected chi connectivity index (χ2v) is 6.94. The van der Waals surface area contributed by atoms with Gasteiger partial charge in [-0.05, 0) is 19.3 Å². The molecule has 1 aliphatic rings. The highest BCUT2D eigenvalue weighted by atomic mass is 19.1. The highest BCUT2D eigenvalue weighted by Crippen LogP contribution is 2.34. The van der Waals surface area contributed by atoms with Crippen molar-refractivity contribution in [1.82, 2.24) is 19.5 Å². The largest absolute Gasteiger partial charge is 0.481 e. The predicted octanol–water partition coefficient (Wildman–Crippen LogP) is 2.90. The number of carbonyl (C=O) groups is 1. The fraction of sp³-hybridized carbons (Fsp3) is 0.263. The second-order valence-electron chi connectivity index (χ2n) is 6.94. The number of nitrogens with zero attached hydrogens (tertiary/aromatic N) is 4. The molecular formula is C19H18F2N6O2. The van der Waals surface area contributed by atoms with Crippen molar-refractivity contribution >= 4 is 28.6 Å². The molecule has 1 unspecified atom stereocenters. The molecule has 0 aliphatic heterocycles. The number of pyridine rings is 2. The number of halogens is 2. The molecule has 8 nitrogen and oxygen atoms in total. The molecule has 3 heterocycles. The molecule has 1 saturated carbocycles. The minimum atomic E-state index is -1.01. The fourth-order valence-electron chi connectivity index (χ4n) is 3.73. The highest BCUT2D eigenvalue weighted by molar-refractivity contribution is 5.88. The van der Waals surface area contributed by atoms with E-state index in [-0.39, 0.29) is 28.4 Å². The average molecular weight is 400 g/mol. The number of aromatic nitrogens is 4. The van der Waals surface area contributed by atoms with Crippen LogP contribution in [0.4, 0.5) is 20.3 Å². The molecule has 150 valence electrons. The summed E-state index contributed by atoms with van der Waals surface area (Å²) in [7, 11) is 0. The zero-order chi connectivity index (χ0) is 20.7. The Bertz CT molecular complexity index is 1130. The summed E-state index contributed by atoms with van der Waals surface area (Å²) in [4.78, 5) is 23.7. The minimum absolute atomic E-state index is 0.0302. The van der Waals surface area contributed by atoms with E-state index in [1.54, 1.807) is 0 Å². The zero-order valence-electron chi connectivity index (χ0n) is 15.3. The van der Waals surface area contributed by atoms with Gasteiger partial charge in [-0.2, -0.15) is 0 Å². The number of fused-ring (bicyclic) bond motifs is 1. The lowest BCUT2D eigenvalue weighted by Gasteiger charge is -2.32. The third kappa shape index (κ3) is 3.26. The predicted molar refractivity (Wildman–Crippen MR) is 103 cm³/mol. The van der Waals surface area contributed by atoms with Crippen LogP contribution in [0.3, 0.4) is 0 Å². The molecular weight excluding hydrogens is 382 g/mol. The molecule has 0 spiro atoms. The molecule has 3 aromatic rings. The molecule has 1 fully saturated rings. The summed E-state index contributed by atoms with van der Waals surface area (Å²) in [6, 6.07) is 0.632. The van der Waals surface area contributed by atoms with Crippen molar-refractivity contribution in [2.24, 2.45) is 5.92 Å². The van der Waals surface area contributed by atoms with Crippen LogP contribution >= 0.6 is 0 Å². The Balaban J connectivity index is 1.79. The summed E-state index contributed by atoms with van der Waals surface area (Å²) in [6.45, 7) is 3.85. The topological polar surface area (TPSA) is 119 Å². The van der Waals surface area contributed by atoms with Gasteiger partial charge in [0.2, 0.25) is 0 Å². The van der Waals surface area contributed by atoms with Gasteiger partial charge in [-0.15, -0.1) is 0 Å². The Morgan fingerprint density at radius 1 is 1.31 bits per heavy atom. The van der Waals surface area contributed by atoms with Gasteiger partial charge in [0.05, 0.1) is 24.0 Å². The van der Waals surface area contributed by atoms with Crippen LogP contribution in [-0.4, -0.2) is 36.6 Å². The van der Waals surface area contributed by atoms with Crippen molar-refractivity contribution in [3.8, 4) is 5.69 Å². The van der Waals surface area contributed by atoms with Gasteiger partial charge in [-0.3, -0.25) is 9.36 Å². The second kappa shape index (κ2) is 7.12. The number of carboxylic acids is 1. The monoisotopic (exact) mass is 400 g/mol. The highest BCUT2D eigenvalue weighted by Gasteiger charge is 2.34. The van der Waals surface area contributed by atoms with E-state index in [1.165, 1.54) is 17.0 Å². The van der Waals surface area contributed by atoms with Gasteiger partial charge in [-0.25, -0.2) is 23.7 Å². The zero-order valence-corrected chi connectivity index (χ0v) is 15.3. The third-order valence-corrected chi connectivity index (χ3v) is 5.09. The van der Waals surface area contributed by atoms with Crippen molar-refractivity contribution in [1.29, 1.82) is 0 Å². The number of rotatable bonds is 4. The minimum Gasteiger partial charge on any atom is -0.481 e. The van der Waals surface area contributed by atoms with E-state index < -0.39 is 29.6 Å². The maximum Gasteiger partial charge on any atom is 0.312 e. The van der Waals surface area contributed by atoms with Gasteiger partial charge in [0.1, 0.15) is 29.2 Å². The van der Waals surface area contributed by atoms with Crippen LogP contribution in [0.25, 0.3) is 16.9 Å². The number of nitrogens with one attached hydrogen (secondary N) is 1. The summed E-state index contributed by atoms with van der Waals surface area (Å²) in [5.41, 5.74) is 7.08. The standard InChI is InChI=1S/C19H18F2N6O2/c1-9-3-2-4-12(14(9)19(28)29)26-15-11(21)7-24-18-16(15)25-8-27(18)13-5-10(20)6-23-17(13)22/h5-8,12,14H,1-4H2,(H2,22,23)(H,24,26)(H,28,29)/t12?,14-/m0/s1. The maximum atomic E-state index is 14.6. The van der Waals surface area contributed by atoms with Crippen LogP contribution in [0.15, 0.2) is 36.9 Å². The quantitative estimate of drug-likeness (QED) is 0.576. The van der Waals surface area contributed by atoms with Crippen molar-refractivity contribution in [2.45, 2.75) is 25.3 Å². The summed E-state index contributed by atoms with van der Waals surface area (Å²) in [5, 5.41) is 12.6. The lowest BCUT2D eigenvalue weighted by atomic mass is 9.81. The lowest BCUT2D eigenvalue weighted by Crippen LogP contribution is -2.38. The molecule has 3 aromatic heterocycles. The fourth-order valence-corrected chi connectivity index (χ4v) is 3.73. The van der Waals surface area contributed by atoms with Crippen molar-refractivity contribution in [3.63, 3.8) is 0 Å². The maximum absolute atomic E-state index is 14.6. The van der Waals surface area contributed by atoms with Crippen LogP contribution in [0.1, 0.15) is 19.3 Å². The van der Waals surface area contributed by atoms with E-state index in [0.717, 1.165) is 18.8 Å². The van der Waals surface area contributed by atoms with Gasteiger partial charge < -0.3 is 16.2 Å². The number of nitrogen functional groups attached to an aromatic ring is 1. The molecule has 0 aromatic carbocycles. The van der Waals surface area contributed by atoms with Crippen LogP contribution in [0, 0.1) is 17.6 Å². The van der Waals surface area contributed by atoms with Gasteiger partial charge in [0.15, 0.2) is 11.5 Å². The Kier molecular flexibility index (Phi) is 4.61. The number of aliphatic carboxylic acids is 1. The van der Waals surface area contributed by atoms with E-state index in [2.05, 4.69) is 26.8 Å². The Labute approximate surface area is 164 Å². The first-order chi connectivity index (χ1) is 13.9. The van der Waals surface area contributed by atoms with E-state index in [9.17, 15) is 18.7 Å². The summed E-state index contributed by atoms with van der Waals surface area (Å²) in [6.07, 6.45) is 5.23. The molecule has 0 radical (unpaired) electrons. The molecule has 1 aliphatic carbocycles. The Morgan fingerprint density at radius 2 is 2.10 bits per heavy atom. The summed E-state index contributed by atoms with van der Waals surface area (Å²) >= 11 is 0. The molecule has 4 rings (SSSR count). The third-order valence-electron chi connectivity index (χ3n) is 5.09. The molecule has 10 heteroatoms. The van der Waals surface area contributed by atoms with Gasteiger partial charge in [0, 0.05) is 12.1 Å². The number of imidazole rings is 1. The van der Waals surface area contributed by atoms with Crippen LogP contribution in [-0.2, 0) is 4.79 Å². The van der Waals surface area contributed by atoms with Crippen LogP contribution in [0.2, 0.25) is 0 Å². The average Bonchev–Trinajstić information content (AvgIpc) is 3.10. The molecule has 29 heavy (non-hydrogen) atoms. The van der Waals surface area contributed by atoms with E-state index in [4.69, 9.17) is 5.73 Å². The smallest absolute Gasteiger partial charge is 0.312 e. The van der Waals surface area contributed by atoms with Gasteiger partial charge in [-0.1, -0.05) is 12.2 Å². The number of carboxylic acid groups (broad SMARTS) is 1. The molecule has 0 saturated heterocycles. The Morgan fingerprint density at radius 3 is 2.86 bits per heavy atom. The van der Waals surface area contributed by atoms with E-state index in [1.807, 2.05) is 0 Å². The van der Waals surface area contributed by atoms with Crippen LogP contribution < -0.4 is 11.1 Å². The number of nitrogens with two attached hydrogens (primary N) is 1. The molecule has 0 amide bonds. The van der Waals surface area contributed by atoms with E-state index >= 15 is 0 Å². The molecule has 0 bridgehead atoms. The molecule has 4 N–H and O–H groups in total. The van der Waals surface area contributed by atoms with Crippen LogP contribution in [0.5, 0.6) is 0 Å². The lowest BCUT2D eigenvalue weighted by molar-refractivity contribution is -0.141. The first kappa shape index (κ1) is 18.8. The number of anilines is 2. The van der Waals surface area contributed by atoms with Crippen molar-refractivity contribution < 1.29 is 18.7 Å². The van der Waals surface area contributed by atoms with Crippen molar-refractivity contribution in [3.05, 3.63) is 48.6 Å². The first-order valence-corrected chi connectivity index (χ1v) is 8.96. The van der Waals surface area contributed by atoms with Gasteiger partial charge >= 0.3 is 5.97 Å². The number of hydrogen-bond acceptors (Lipinski definition) is 6. The summed E-state index contributed by atoms with van der Waals surface area (Å²) in [5.74, 6) is -3.06. The molecule has 2 atom stereocenters. The Hall–Kier alpha value is -3.56. The number of hydrogen-bond donors (Lipinski definition) is 3. The summed E-state index contributed by atoms with van der Waals surface area (Å²) < 4.78 is 29.7. The van der Waals surface area contributed by atoms with Crippen molar-refractivity contribution in [2.75, 3.05) is 11.1 Å².